The van der Waals surface area contributed by atoms with Crippen molar-refractivity contribution in [1.29, 1.82) is 0 Å². The summed E-state index contributed by atoms with van der Waals surface area (Å²) < 4.78 is 0. The Kier molecular flexibility index (Phi) is 4.17. The molecule has 1 aromatic carbocycles. The van der Waals surface area contributed by atoms with E-state index in [2.05, 4.69) is 0 Å². The van der Waals surface area contributed by atoms with Crippen molar-refractivity contribution >= 4 is 23.1 Å². The lowest BCUT2D eigenvalue weighted by Crippen LogP contribution is -2.45. The quantitative estimate of drug-likeness (QED) is 0.797. The Morgan fingerprint density at radius 1 is 1.47 bits per heavy atom. The Bertz CT molecular complexity index is 504. The van der Waals surface area contributed by atoms with Gasteiger partial charge in [-0.05, 0) is 24.5 Å². The normalized spacial score (nSPS) is 23.2. The Hall–Kier alpha value is -1.46. The van der Waals surface area contributed by atoms with Crippen molar-refractivity contribution in [2.24, 2.45) is 11.7 Å². The molecule has 2 rings (SSSR count). The molecule has 1 aliphatic heterocycles. The summed E-state index contributed by atoms with van der Waals surface area (Å²) in [6.07, 6.45) is 0.314. The van der Waals surface area contributed by atoms with Crippen LogP contribution in [0, 0.1) is 5.92 Å². The lowest BCUT2D eigenvalue weighted by molar-refractivity contribution is 0.0297. The molecule has 1 fully saturated rings. The minimum Gasteiger partial charge on any atom is -0.393 e. The number of nitrogens with two attached hydrogens (primary N) is 1. The number of amides is 1. The van der Waals surface area contributed by atoms with Crippen LogP contribution in [0.2, 0.25) is 0 Å². The second kappa shape index (κ2) is 5.67. The van der Waals surface area contributed by atoms with E-state index in [9.17, 15) is 9.90 Å². The summed E-state index contributed by atoms with van der Waals surface area (Å²) in [5, 5.41) is 9.69. The zero-order valence-corrected chi connectivity index (χ0v) is 11.7. The van der Waals surface area contributed by atoms with Crippen molar-refractivity contribution < 1.29 is 9.90 Å². The SMILES string of the molecule is CC1CN(C(=O)c2cccc(C(N)=S)c2)CCC1O. The van der Waals surface area contributed by atoms with Crippen molar-refractivity contribution in [2.75, 3.05) is 13.1 Å². The zero-order chi connectivity index (χ0) is 14.0. The van der Waals surface area contributed by atoms with Crippen molar-refractivity contribution in [3.63, 3.8) is 0 Å². The lowest BCUT2D eigenvalue weighted by atomic mass is 9.96. The molecular formula is C14H18N2O2S. The van der Waals surface area contributed by atoms with Crippen molar-refractivity contribution in [1.82, 2.24) is 4.90 Å². The number of carbonyl (C=O) groups excluding carboxylic acids is 1. The topological polar surface area (TPSA) is 66.6 Å². The van der Waals surface area contributed by atoms with E-state index in [1.807, 2.05) is 6.92 Å². The first-order chi connectivity index (χ1) is 8.99. The lowest BCUT2D eigenvalue weighted by Gasteiger charge is -2.34. The van der Waals surface area contributed by atoms with Crippen molar-refractivity contribution in [3.8, 4) is 0 Å². The number of piperidine rings is 1. The zero-order valence-electron chi connectivity index (χ0n) is 10.9. The standard InChI is InChI=1S/C14H18N2O2S/c1-9-8-16(6-5-12(9)17)14(18)11-4-2-3-10(7-11)13(15)19/h2-4,7,9,12,17H,5-6,8H2,1H3,(H2,15,19). The highest BCUT2D eigenvalue weighted by molar-refractivity contribution is 7.80. The van der Waals surface area contributed by atoms with Gasteiger partial charge in [0.2, 0.25) is 0 Å². The third-order valence-corrected chi connectivity index (χ3v) is 3.78. The number of thiocarbonyl (C=S) groups is 1. The molecule has 1 heterocycles. The number of likely N-dealkylation sites (tertiary alicyclic amines) is 1. The molecule has 102 valence electrons. The van der Waals surface area contributed by atoms with E-state index in [-0.39, 0.29) is 22.9 Å². The first-order valence-electron chi connectivity index (χ1n) is 6.36. The average molecular weight is 278 g/mol. The van der Waals surface area contributed by atoms with Gasteiger partial charge in [-0.1, -0.05) is 31.3 Å². The highest BCUT2D eigenvalue weighted by atomic mass is 32.1. The molecule has 1 aliphatic rings. The van der Waals surface area contributed by atoms with Gasteiger partial charge in [0, 0.05) is 24.2 Å². The summed E-state index contributed by atoms with van der Waals surface area (Å²) in [7, 11) is 0. The van der Waals surface area contributed by atoms with Crippen LogP contribution >= 0.6 is 12.2 Å². The van der Waals surface area contributed by atoms with Crippen LogP contribution in [0.4, 0.5) is 0 Å². The Balaban J connectivity index is 2.16. The van der Waals surface area contributed by atoms with E-state index in [0.717, 1.165) is 0 Å². The summed E-state index contributed by atoms with van der Waals surface area (Å²) in [6, 6.07) is 7.06. The van der Waals surface area contributed by atoms with Crippen LogP contribution in [-0.4, -0.2) is 40.1 Å². The average Bonchev–Trinajstić information content (AvgIpc) is 2.41. The predicted octanol–water partition coefficient (Wildman–Crippen LogP) is 1.16. The van der Waals surface area contributed by atoms with Gasteiger partial charge in [0.25, 0.3) is 5.91 Å². The van der Waals surface area contributed by atoms with Gasteiger partial charge in [0.15, 0.2) is 0 Å². The van der Waals surface area contributed by atoms with Crippen LogP contribution in [0.15, 0.2) is 24.3 Å². The molecule has 2 unspecified atom stereocenters. The number of carbonyl (C=O) groups is 1. The molecular weight excluding hydrogens is 260 g/mol. The maximum absolute atomic E-state index is 12.4. The number of nitrogens with zero attached hydrogens (tertiary/aromatic N) is 1. The molecule has 3 N–H and O–H groups in total. The number of aliphatic hydroxyl groups is 1. The fraction of sp³-hybridized carbons (Fsp3) is 0.429. The molecule has 0 aliphatic carbocycles. The molecule has 1 aromatic rings. The monoisotopic (exact) mass is 278 g/mol. The summed E-state index contributed by atoms with van der Waals surface area (Å²) >= 11 is 4.92. The van der Waals surface area contributed by atoms with E-state index in [0.29, 0.717) is 30.6 Å². The second-order valence-electron chi connectivity index (χ2n) is 5.03. The van der Waals surface area contributed by atoms with Crippen LogP contribution in [0.3, 0.4) is 0 Å². The number of hydrogen-bond donors (Lipinski definition) is 2. The summed E-state index contributed by atoms with van der Waals surface area (Å²) in [6.45, 7) is 3.12. The minimum atomic E-state index is -0.313. The first-order valence-corrected chi connectivity index (χ1v) is 6.77. The van der Waals surface area contributed by atoms with E-state index in [1.165, 1.54) is 0 Å². The minimum absolute atomic E-state index is 0.0307. The smallest absolute Gasteiger partial charge is 0.253 e. The van der Waals surface area contributed by atoms with E-state index >= 15 is 0 Å². The Labute approximate surface area is 118 Å². The van der Waals surface area contributed by atoms with E-state index in [1.54, 1.807) is 29.2 Å². The van der Waals surface area contributed by atoms with Gasteiger partial charge < -0.3 is 15.7 Å². The van der Waals surface area contributed by atoms with Gasteiger partial charge in [-0.25, -0.2) is 0 Å². The Morgan fingerprint density at radius 2 is 2.16 bits per heavy atom. The molecule has 0 aromatic heterocycles. The van der Waals surface area contributed by atoms with Crippen LogP contribution in [-0.2, 0) is 0 Å². The van der Waals surface area contributed by atoms with Gasteiger partial charge >= 0.3 is 0 Å². The van der Waals surface area contributed by atoms with Gasteiger partial charge in [0.1, 0.15) is 4.99 Å². The third kappa shape index (κ3) is 3.11. The van der Waals surface area contributed by atoms with E-state index < -0.39 is 0 Å². The van der Waals surface area contributed by atoms with Crippen molar-refractivity contribution in [3.05, 3.63) is 35.4 Å². The molecule has 0 spiro atoms. The van der Waals surface area contributed by atoms with Crippen LogP contribution in [0.1, 0.15) is 29.3 Å². The maximum atomic E-state index is 12.4. The Morgan fingerprint density at radius 3 is 2.79 bits per heavy atom. The molecule has 0 saturated carbocycles. The summed E-state index contributed by atoms with van der Waals surface area (Å²) in [5.74, 6) is 0.0771. The fourth-order valence-electron chi connectivity index (χ4n) is 2.31. The van der Waals surface area contributed by atoms with Crippen LogP contribution in [0.25, 0.3) is 0 Å². The molecule has 0 bridgehead atoms. The fourth-order valence-corrected chi connectivity index (χ4v) is 2.43. The molecule has 1 saturated heterocycles. The largest absolute Gasteiger partial charge is 0.393 e. The first kappa shape index (κ1) is 14.0. The van der Waals surface area contributed by atoms with Gasteiger partial charge in [-0.3, -0.25) is 4.79 Å². The molecule has 4 nitrogen and oxygen atoms in total. The van der Waals surface area contributed by atoms with Gasteiger partial charge in [0.05, 0.1) is 6.10 Å². The van der Waals surface area contributed by atoms with Crippen LogP contribution < -0.4 is 5.73 Å². The van der Waals surface area contributed by atoms with Crippen molar-refractivity contribution in [2.45, 2.75) is 19.4 Å². The molecule has 2 atom stereocenters. The summed E-state index contributed by atoms with van der Waals surface area (Å²) in [5.41, 5.74) is 6.87. The third-order valence-electron chi connectivity index (χ3n) is 3.54. The van der Waals surface area contributed by atoms with Gasteiger partial charge in [-0.15, -0.1) is 0 Å². The highest BCUT2D eigenvalue weighted by Crippen LogP contribution is 2.19. The predicted molar refractivity (Wildman–Crippen MR) is 78.0 cm³/mol. The number of rotatable bonds is 2. The highest BCUT2D eigenvalue weighted by Gasteiger charge is 2.27. The molecule has 0 radical (unpaired) electrons. The number of benzene rings is 1. The molecule has 5 heteroatoms. The molecule has 19 heavy (non-hydrogen) atoms. The van der Waals surface area contributed by atoms with Gasteiger partial charge in [-0.2, -0.15) is 0 Å². The van der Waals surface area contributed by atoms with Crippen LogP contribution in [0.5, 0.6) is 0 Å². The maximum Gasteiger partial charge on any atom is 0.253 e. The second-order valence-corrected chi connectivity index (χ2v) is 5.47. The molecule has 1 amide bonds. The number of aliphatic hydroxyl groups excluding tert-OH is 1. The summed E-state index contributed by atoms with van der Waals surface area (Å²) in [4.78, 5) is 14.4. The number of hydrogen-bond acceptors (Lipinski definition) is 3. The van der Waals surface area contributed by atoms with E-state index in [4.69, 9.17) is 18.0 Å².